The number of H-pyrrole nitrogens is 1. The minimum Gasteiger partial charge on any atom is -0.378 e. The van der Waals surface area contributed by atoms with Crippen molar-refractivity contribution in [3.63, 3.8) is 0 Å². The number of aromatic nitrogens is 2. The van der Waals surface area contributed by atoms with Crippen molar-refractivity contribution >= 4 is 23.2 Å². The van der Waals surface area contributed by atoms with Gasteiger partial charge in [0.2, 0.25) is 0 Å². The monoisotopic (exact) mass is 410 g/mol. The zero-order chi connectivity index (χ0) is 20.2. The van der Waals surface area contributed by atoms with Gasteiger partial charge >= 0.3 is 0 Å². The Morgan fingerprint density at radius 3 is 2.76 bits per heavy atom. The molecule has 1 aliphatic rings. The van der Waals surface area contributed by atoms with Crippen LogP contribution in [0.4, 0.5) is 5.69 Å². The van der Waals surface area contributed by atoms with Gasteiger partial charge in [0.15, 0.2) is 0 Å². The third-order valence-corrected chi connectivity index (χ3v) is 5.26. The van der Waals surface area contributed by atoms with Crippen LogP contribution in [-0.2, 0) is 11.3 Å². The lowest BCUT2D eigenvalue weighted by Crippen LogP contribution is -2.37. The molecule has 2 aromatic carbocycles. The van der Waals surface area contributed by atoms with Gasteiger partial charge in [-0.05, 0) is 29.8 Å². The Labute approximate surface area is 175 Å². The SMILES string of the molecule is CN(Cc1ccccc1N1CCOCC1)C(=O)c1cc(-c2cccc(Cl)c2)n[nH]1. The highest BCUT2D eigenvalue weighted by atomic mass is 35.5. The van der Waals surface area contributed by atoms with Gasteiger partial charge in [-0.1, -0.05) is 41.9 Å². The standard InChI is InChI=1S/C22H23ClN4O2/c1-26(15-17-5-2-3-8-21(17)27-9-11-29-12-10-27)22(28)20-14-19(24-25-20)16-6-4-7-18(23)13-16/h2-8,13-14H,9-12,15H2,1H3,(H,24,25). The Morgan fingerprint density at radius 2 is 1.97 bits per heavy atom. The van der Waals surface area contributed by atoms with Crippen molar-refractivity contribution < 1.29 is 9.53 Å². The van der Waals surface area contributed by atoms with Crippen LogP contribution in [0.15, 0.2) is 54.6 Å². The van der Waals surface area contributed by atoms with E-state index < -0.39 is 0 Å². The number of morpholine rings is 1. The maximum absolute atomic E-state index is 12.9. The van der Waals surface area contributed by atoms with Crippen LogP contribution in [-0.4, -0.2) is 54.4 Å². The number of aromatic amines is 1. The number of rotatable bonds is 5. The number of hydrogen-bond donors (Lipinski definition) is 1. The number of halogens is 1. The summed E-state index contributed by atoms with van der Waals surface area (Å²) in [5.74, 6) is -0.109. The number of amides is 1. The molecule has 0 unspecified atom stereocenters. The summed E-state index contributed by atoms with van der Waals surface area (Å²) in [5.41, 5.74) is 4.27. The molecule has 0 atom stereocenters. The predicted molar refractivity (Wildman–Crippen MR) is 114 cm³/mol. The Hall–Kier alpha value is -2.83. The highest BCUT2D eigenvalue weighted by Gasteiger charge is 2.19. The van der Waals surface area contributed by atoms with Crippen molar-refractivity contribution in [2.75, 3.05) is 38.3 Å². The van der Waals surface area contributed by atoms with E-state index >= 15 is 0 Å². The lowest BCUT2D eigenvalue weighted by atomic mass is 10.1. The van der Waals surface area contributed by atoms with E-state index in [0.29, 0.717) is 23.0 Å². The van der Waals surface area contributed by atoms with Crippen molar-refractivity contribution in [3.05, 3.63) is 70.9 Å². The molecule has 1 saturated heterocycles. The second kappa shape index (κ2) is 8.68. The molecular formula is C22H23ClN4O2. The summed E-state index contributed by atoms with van der Waals surface area (Å²) in [5, 5.41) is 7.77. The maximum atomic E-state index is 12.9. The van der Waals surface area contributed by atoms with Crippen LogP contribution >= 0.6 is 11.6 Å². The van der Waals surface area contributed by atoms with Gasteiger partial charge in [-0.25, -0.2) is 0 Å². The van der Waals surface area contributed by atoms with Gasteiger partial charge in [0.05, 0.1) is 18.9 Å². The second-order valence-corrected chi connectivity index (χ2v) is 7.50. The minimum absolute atomic E-state index is 0.109. The summed E-state index contributed by atoms with van der Waals surface area (Å²) in [6.07, 6.45) is 0. The summed E-state index contributed by atoms with van der Waals surface area (Å²) < 4.78 is 5.46. The molecule has 0 bridgehead atoms. The Morgan fingerprint density at radius 1 is 1.17 bits per heavy atom. The third-order valence-electron chi connectivity index (χ3n) is 5.03. The van der Waals surface area contributed by atoms with E-state index in [4.69, 9.17) is 16.3 Å². The summed E-state index contributed by atoms with van der Waals surface area (Å²) >= 11 is 6.06. The molecule has 3 aromatic rings. The van der Waals surface area contributed by atoms with Gasteiger partial charge in [-0.3, -0.25) is 9.89 Å². The molecule has 0 spiro atoms. The fraction of sp³-hybridized carbons (Fsp3) is 0.273. The van der Waals surface area contributed by atoms with Crippen LogP contribution < -0.4 is 4.90 Å². The summed E-state index contributed by atoms with van der Waals surface area (Å²) in [7, 11) is 1.80. The zero-order valence-corrected chi connectivity index (χ0v) is 17.0. The summed E-state index contributed by atoms with van der Waals surface area (Å²) in [4.78, 5) is 17.0. The van der Waals surface area contributed by atoms with Crippen LogP contribution in [0.3, 0.4) is 0 Å². The first-order valence-corrected chi connectivity index (χ1v) is 9.97. The van der Waals surface area contributed by atoms with E-state index in [-0.39, 0.29) is 5.91 Å². The molecule has 150 valence electrons. The number of hydrogen-bond acceptors (Lipinski definition) is 4. The number of ether oxygens (including phenoxy) is 1. The number of benzene rings is 2. The topological polar surface area (TPSA) is 61.5 Å². The highest BCUT2D eigenvalue weighted by Crippen LogP contribution is 2.24. The first-order chi connectivity index (χ1) is 14.1. The average molecular weight is 411 g/mol. The zero-order valence-electron chi connectivity index (χ0n) is 16.3. The Balaban J connectivity index is 1.50. The van der Waals surface area contributed by atoms with Gasteiger partial charge in [0, 0.05) is 43.0 Å². The summed E-state index contributed by atoms with van der Waals surface area (Å²) in [6.45, 7) is 3.68. The Kier molecular flexibility index (Phi) is 5.83. The maximum Gasteiger partial charge on any atom is 0.271 e. The van der Waals surface area contributed by atoms with Gasteiger partial charge in [-0.2, -0.15) is 5.10 Å². The van der Waals surface area contributed by atoms with E-state index in [1.54, 1.807) is 18.0 Å². The van der Waals surface area contributed by atoms with Gasteiger partial charge in [0.1, 0.15) is 5.69 Å². The summed E-state index contributed by atoms with van der Waals surface area (Å²) in [6, 6.07) is 17.4. The first-order valence-electron chi connectivity index (χ1n) is 9.59. The molecule has 1 amide bonds. The molecule has 1 aromatic heterocycles. The van der Waals surface area contributed by atoms with Crippen molar-refractivity contribution in [2.45, 2.75) is 6.54 Å². The van der Waals surface area contributed by atoms with Crippen LogP contribution in [0.1, 0.15) is 16.1 Å². The molecule has 1 N–H and O–H groups in total. The van der Waals surface area contributed by atoms with Crippen molar-refractivity contribution in [2.24, 2.45) is 0 Å². The molecule has 1 aliphatic heterocycles. The smallest absolute Gasteiger partial charge is 0.271 e. The number of anilines is 1. The fourth-order valence-electron chi connectivity index (χ4n) is 3.52. The van der Waals surface area contributed by atoms with Gasteiger partial charge < -0.3 is 14.5 Å². The molecular weight excluding hydrogens is 388 g/mol. The third kappa shape index (κ3) is 4.44. The minimum atomic E-state index is -0.109. The van der Waals surface area contributed by atoms with E-state index in [0.717, 1.165) is 43.1 Å². The van der Waals surface area contributed by atoms with E-state index in [9.17, 15) is 4.79 Å². The van der Waals surface area contributed by atoms with Crippen molar-refractivity contribution in [1.82, 2.24) is 15.1 Å². The van der Waals surface area contributed by atoms with Crippen molar-refractivity contribution in [1.29, 1.82) is 0 Å². The molecule has 4 rings (SSSR count). The van der Waals surface area contributed by atoms with Gasteiger partial charge in [-0.15, -0.1) is 0 Å². The quantitative estimate of drug-likeness (QED) is 0.694. The van der Waals surface area contributed by atoms with E-state index in [2.05, 4.69) is 27.2 Å². The first kappa shape index (κ1) is 19.5. The van der Waals surface area contributed by atoms with Crippen molar-refractivity contribution in [3.8, 4) is 11.3 Å². The average Bonchev–Trinajstić information content (AvgIpc) is 3.24. The van der Waals surface area contributed by atoms with Crippen LogP contribution in [0.2, 0.25) is 5.02 Å². The number of carbonyl (C=O) groups excluding carboxylic acids is 1. The fourth-order valence-corrected chi connectivity index (χ4v) is 3.71. The molecule has 6 nitrogen and oxygen atoms in total. The Bertz CT molecular complexity index is 998. The van der Waals surface area contributed by atoms with Crippen LogP contribution in [0, 0.1) is 0 Å². The molecule has 29 heavy (non-hydrogen) atoms. The molecule has 0 aliphatic carbocycles. The van der Waals surface area contributed by atoms with E-state index in [1.807, 2.05) is 36.4 Å². The number of carbonyl (C=O) groups is 1. The number of nitrogens with one attached hydrogen (secondary N) is 1. The van der Waals surface area contributed by atoms with Crippen LogP contribution in [0.5, 0.6) is 0 Å². The predicted octanol–water partition coefficient (Wildman–Crippen LogP) is 3.84. The normalized spacial score (nSPS) is 14.1. The van der Waals surface area contributed by atoms with Gasteiger partial charge in [0.25, 0.3) is 5.91 Å². The highest BCUT2D eigenvalue weighted by molar-refractivity contribution is 6.30. The largest absolute Gasteiger partial charge is 0.378 e. The molecule has 1 fully saturated rings. The molecule has 0 radical (unpaired) electrons. The lowest BCUT2D eigenvalue weighted by molar-refractivity contribution is 0.0779. The number of nitrogens with zero attached hydrogens (tertiary/aromatic N) is 3. The number of para-hydroxylation sites is 1. The van der Waals surface area contributed by atoms with Crippen LogP contribution in [0.25, 0.3) is 11.3 Å². The second-order valence-electron chi connectivity index (χ2n) is 7.07. The lowest BCUT2D eigenvalue weighted by Gasteiger charge is -2.31. The molecule has 2 heterocycles. The molecule has 7 heteroatoms. The van der Waals surface area contributed by atoms with E-state index in [1.165, 1.54) is 0 Å². The molecule has 0 saturated carbocycles.